The summed E-state index contributed by atoms with van der Waals surface area (Å²) >= 11 is 1.44. The molecule has 0 fully saturated rings. The number of thiophene rings is 1. The number of hydrogen-bond donors (Lipinski definition) is 1. The lowest BCUT2D eigenvalue weighted by Gasteiger charge is -2.05. The monoisotopic (exact) mass is 323 g/mol. The Morgan fingerprint density at radius 1 is 1.13 bits per heavy atom. The Morgan fingerprint density at radius 3 is 2.65 bits per heavy atom. The standard InChI is InChI=1S/C18H13NO3S/c1-21-12-6-4-11(5-7-12)15-16-17(13(20)8-9-19-16)23-18(15)14-3-2-10-22-14/h2-10H,1H3,(H,19,20). The molecule has 0 aliphatic carbocycles. The SMILES string of the molecule is COc1ccc(-c2c(-c3ccco3)sc3c(=O)cc[nH]c23)cc1. The average molecular weight is 323 g/mol. The van der Waals surface area contributed by atoms with Gasteiger partial charge in [0.15, 0.2) is 5.43 Å². The maximum atomic E-state index is 12.2. The van der Waals surface area contributed by atoms with Crippen LogP contribution < -0.4 is 10.2 Å². The Kier molecular flexibility index (Phi) is 3.28. The Morgan fingerprint density at radius 2 is 1.96 bits per heavy atom. The number of nitrogens with one attached hydrogen (secondary N) is 1. The van der Waals surface area contributed by atoms with Crippen molar-refractivity contribution in [2.75, 3.05) is 7.11 Å². The molecule has 0 aliphatic rings. The maximum absolute atomic E-state index is 12.2. The Balaban J connectivity index is 2.04. The largest absolute Gasteiger partial charge is 0.497 e. The number of furan rings is 1. The van der Waals surface area contributed by atoms with Crippen molar-refractivity contribution in [1.29, 1.82) is 0 Å². The first kappa shape index (κ1) is 13.8. The smallest absolute Gasteiger partial charge is 0.199 e. The van der Waals surface area contributed by atoms with Gasteiger partial charge in [-0.05, 0) is 29.8 Å². The highest BCUT2D eigenvalue weighted by Gasteiger charge is 2.19. The zero-order valence-corrected chi connectivity index (χ0v) is 13.1. The predicted molar refractivity (Wildman–Crippen MR) is 92.1 cm³/mol. The van der Waals surface area contributed by atoms with E-state index < -0.39 is 0 Å². The number of benzene rings is 1. The molecule has 3 aromatic heterocycles. The molecule has 0 spiro atoms. The molecule has 114 valence electrons. The van der Waals surface area contributed by atoms with Gasteiger partial charge < -0.3 is 14.1 Å². The van der Waals surface area contributed by atoms with E-state index in [1.54, 1.807) is 25.6 Å². The van der Waals surface area contributed by atoms with E-state index in [2.05, 4.69) is 4.98 Å². The van der Waals surface area contributed by atoms with Gasteiger partial charge in [-0.25, -0.2) is 0 Å². The molecule has 0 saturated heterocycles. The van der Waals surface area contributed by atoms with Crippen LogP contribution in [-0.2, 0) is 0 Å². The first-order valence-corrected chi connectivity index (χ1v) is 7.92. The van der Waals surface area contributed by atoms with E-state index in [0.29, 0.717) is 4.70 Å². The van der Waals surface area contributed by atoms with Gasteiger partial charge in [0.05, 0.1) is 28.5 Å². The van der Waals surface area contributed by atoms with E-state index in [4.69, 9.17) is 9.15 Å². The Hall–Kier alpha value is -2.79. The third-order valence-electron chi connectivity index (χ3n) is 3.72. The lowest BCUT2D eigenvalue weighted by Crippen LogP contribution is -1.96. The van der Waals surface area contributed by atoms with E-state index in [1.807, 2.05) is 36.4 Å². The fourth-order valence-corrected chi connectivity index (χ4v) is 3.81. The molecular formula is C18H13NO3S. The number of methoxy groups -OCH3 is 1. The van der Waals surface area contributed by atoms with Crippen LogP contribution in [-0.4, -0.2) is 12.1 Å². The van der Waals surface area contributed by atoms with Gasteiger partial charge in [-0.3, -0.25) is 4.79 Å². The van der Waals surface area contributed by atoms with Crippen LogP contribution in [0.5, 0.6) is 5.75 Å². The summed E-state index contributed by atoms with van der Waals surface area (Å²) in [5.74, 6) is 1.55. The number of pyridine rings is 1. The van der Waals surface area contributed by atoms with Crippen LogP contribution in [0.4, 0.5) is 0 Å². The first-order chi connectivity index (χ1) is 11.3. The fraction of sp³-hybridized carbons (Fsp3) is 0.0556. The minimum absolute atomic E-state index is 0.0105. The molecule has 23 heavy (non-hydrogen) atoms. The zero-order chi connectivity index (χ0) is 15.8. The second-order valence-electron chi connectivity index (χ2n) is 5.06. The lowest BCUT2D eigenvalue weighted by atomic mass is 10.0. The second-order valence-corrected chi connectivity index (χ2v) is 6.08. The summed E-state index contributed by atoms with van der Waals surface area (Å²) in [6.45, 7) is 0. The highest BCUT2D eigenvalue weighted by atomic mass is 32.1. The van der Waals surface area contributed by atoms with E-state index >= 15 is 0 Å². The molecule has 0 unspecified atom stereocenters. The number of rotatable bonds is 3. The molecule has 1 aromatic carbocycles. The van der Waals surface area contributed by atoms with Crippen LogP contribution in [0, 0.1) is 0 Å². The third kappa shape index (κ3) is 2.26. The summed E-state index contributed by atoms with van der Waals surface area (Å²) in [5.41, 5.74) is 2.82. The van der Waals surface area contributed by atoms with Gasteiger partial charge in [-0.1, -0.05) is 12.1 Å². The molecule has 0 saturated carbocycles. The number of aromatic nitrogens is 1. The summed E-state index contributed by atoms with van der Waals surface area (Å²) in [7, 11) is 1.64. The number of H-pyrrole nitrogens is 1. The first-order valence-electron chi connectivity index (χ1n) is 7.10. The molecule has 0 aliphatic heterocycles. The molecule has 5 heteroatoms. The summed E-state index contributed by atoms with van der Waals surface area (Å²) in [4.78, 5) is 16.3. The van der Waals surface area contributed by atoms with E-state index in [1.165, 1.54) is 11.3 Å². The van der Waals surface area contributed by atoms with E-state index in [0.717, 1.165) is 33.0 Å². The van der Waals surface area contributed by atoms with Crippen LogP contribution >= 0.6 is 11.3 Å². The van der Waals surface area contributed by atoms with Crippen LogP contribution in [0.25, 0.3) is 32.0 Å². The minimum Gasteiger partial charge on any atom is -0.497 e. The molecule has 4 aromatic rings. The van der Waals surface area contributed by atoms with Crippen molar-refractivity contribution >= 4 is 21.6 Å². The van der Waals surface area contributed by atoms with Crippen molar-refractivity contribution in [2.45, 2.75) is 0 Å². The minimum atomic E-state index is 0.0105. The van der Waals surface area contributed by atoms with Crippen LogP contribution in [0.3, 0.4) is 0 Å². The molecule has 0 amide bonds. The summed E-state index contributed by atoms with van der Waals surface area (Å²) in [6, 6.07) is 13.1. The normalized spacial score (nSPS) is 11.0. The summed E-state index contributed by atoms with van der Waals surface area (Å²) < 4.78 is 11.5. The van der Waals surface area contributed by atoms with Crippen LogP contribution in [0.1, 0.15) is 0 Å². The average Bonchev–Trinajstić information content (AvgIpc) is 3.23. The summed E-state index contributed by atoms with van der Waals surface area (Å²) in [6.07, 6.45) is 3.32. The number of fused-ring (bicyclic) bond motifs is 1. The van der Waals surface area contributed by atoms with E-state index in [9.17, 15) is 4.79 Å². The van der Waals surface area contributed by atoms with Crippen molar-refractivity contribution in [3.05, 3.63) is 65.1 Å². The van der Waals surface area contributed by atoms with E-state index in [-0.39, 0.29) is 5.43 Å². The van der Waals surface area contributed by atoms with Gasteiger partial charge in [0.2, 0.25) is 0 Å². The number of aromatic amines is 1. The van der Waals surface area contributed by atoms with Gasteiger partial charge in [0, 0.05) is 17.8 Å². The zero-order valence-electron chi connectivity index (χ0n) is 12.3. The van der Waals surface area contributed by atoms with Gasteiger partial charge in [0.25, 0.3) is 0 Å². The number of ether oxygens (including phenoxy) is 1. The highest BCUT2D eigenvalue weighted by molar-refractivity contribution is 7.22. The topological polar surface area (TPSA) is 55.2 Å². The van der Waals surface area contributed by atoms with Crippen molar-refractivity contribution < 1.29 is 9.15 Å². The second kappa shape index (κ2) is 5.44. The van der Waals surface area contributed by atoms with Crippen molar-refractivity contribution in [1.82, 2.24) is 4.98 Å². The molecule has 4 nitrogen and oxygen atoms in total. The molecule has 0 bridgehead atoms. The van der Waals surface area contributed by atoms with Crippen LogP contribution in [0.2, 0.25) is 0 Å². The van der Waals surface area contributed by atoms with Gasteiger partial charge in [-0.2, -0.15) is 0 Å². The van der Waals surface area contributed by atoms with Gasteiger partial charge in [0.1, 0.15) is 11.5 Å². The molecule has 1 N–H and O–H groups in total. The molecule has 0 radical (unpaired) electrons. The van der Waals surface area contributed by atoms with Gasteiger partial charge in [-0.15, -0.1) is 11.3 Å². The van der Waals surface area contributed by atoms with Crippen molar-refractivity contribution in [3.8, 4) is 27.5 Å². The molecular weight excluding hydrogens is 310 g/mol. The summed E-state index contributed by atoms with van der Waals surface area (Å²) in [5, 5.41) is 0. The molecule has 3 heterocycles. The Bertz CT molecular complexity index is 1010. The predicted octanol–water partition coefficient (Wildman–Crippen LogP) is 4.53. The van der Waals surface area contributed by atoms with Crippen LogP contribution in [0.15, 0.2) is 64.1 Å². The maximum Gasteiger partial charge on any atom is 0.199 e. The quantitative estimate of drug-likeness (QED) is 0.603. The van der Waals surface area contributed by atoms with Crippen molar-refractivity contribution in [3.63, 3.8) is 0 Å². The third-order valence-corrected chi connectivity index (χ3v) is 4.94. The molecule has 4 rings (SSSR count). The lowest BCUT2D eigenvalue weighted by molar-refractivity contribution is 0.415. The van der Waals surface area contributed by atoms with Crippen molar-refractivity contribution in [2.24, 2.45) is 0 Å². The number of hydrogen-bond acceptors (Lipinski definition) is 4. The fourth-order valence-electron chi connectivity index (χ4n) is 2.63. The molecule has 0 atom stereocenters. The Labute approximate surface area is 136 Å². The highest BCUT2D eigenvalue weighted by Crippen LogP contribution is 2.43. The van der Waals surface area contributed by atoms with Gasteiger partial charge >= 0.3 is 0 Å².